The van der Waals surface area contributed by atoms with Gasteiger partial charge in [-0.2, -0.15) is 5.10 Å². The molecule has 6 rings (SSSR count). The van der Waals surface area contributed by atoms with Crippen LogP contribution >= 0.6 is 0 Å². The summed E-state index contributed by atoms with van der Waals surface area (Å²) in [6, 6.07) is 9.57. The van der Waals surface area contributed by atoms with Gasteiger partial charge in [-0.05, 0) is 44.7 Å². The summed E-state index contributed by atoms with van der Waals surface area (Å²) in [5, 5.41) is 23.0. The first-order chi connectivity index (χ1) is 15.3. The molecule has 1 aliphatic carbocycles. The van der Waals surface area contributed by atoms with Crippen molar-refractivity contribution in [3.8, 4) is 28.6 Å². The number of piperidine rings is 2. The van der Waals surface area contributed by atoms with Gasteiger partial charge in [0.2, 0.25) is 5.88 Å². The normalized spacial score (nSPS) is 33.2. The lowest BCUT2D eigenvalue weighted by molar-refractivity contribution is -0.0435. The quantitative estimate of drug-likeness (QED) is 0.673. The van der Waals surface area contributed by atoms with Crippen LogP contribution in [0.4, 0.5) is 8.78 Å². The lowest BCUT2D eigenvalue weighted by Gasteiger charge is -2.41. The summed E-state index contributed by atoms with van der Waals surface area (Å²) in [4.78, 5) is 1.84. The number of aromatic nitrogens is 4. The zero-order valence-corrected chi connectivity index (χ0v) is 17.7. The fourth-order valence-corrected chi connectivity index (χ4v) is 5.53. The van der Waals surface area contributed by atoms with E-state index in [2.05, 4.69) is 15.3 Å². The van der Waals surface area contributed by atoms with E-state index in [9.17, 15) is 9.50 Å². The number of nitrogens with zero attached hydrogens (tertiary/aromatic N) is 5. The van der Waals surface area contributed by atoms with Crippen molar-refractivity contribution < 1.29 is 18.6 Å². The molecule has 6 atom stereocenters. The molecule has 7 nitrogen and oxygen atoms in total. The van der Waals surface area contributed by atoms with Crippen LogP contribution in [-0.4, -0.2) is 67.1 Å². The number of benzene rings is 1. The molecule has 3 aromatic rings. The molecule has 3 aliphatic rings. The molecule has 2 saturated heterocycles. The molecule has 1 aromatic carbocycles. The number of fused-ring (bicyclic) bond motifs is 5. The summed E-state index contributed by atoms with van der Waals surface area (Å²) in [7, 11) is 1.80. The van der Waals surface area contributed by atoms with Crippen LogP contribution in [0.3, 0.4) is 0 Å². The Morgan fingerprint density at radius 2 is 2.03 bits per heavy atom. The second-order valence-corrected chi connectivity index (χ2v) is 9.11. The molecule has 2 aliphatic heterocycles. The van der Waals surface area contributed by atoms with Gasteiger partial charge in [-0.15, -0.1) is 10.2 Å². The van der Waals surface area contributed by atoms with E-state index in [1.807, 2.05) is 30.2 Å². The van der Waals surface area contributed by atoms with Gasteiger partial charge in [0, 0.05) is 42.3 Å². The Morgan fingerprint density at radius 1 is 1.19 bits per heavy atom. The van der Waals surface area contributed by atoms with Gasteiger partial charge in [0.1, 0.15) is 17.5 Å². The Kier molecular flexibility index (Phi) is 4.11. The van der Waals surface area contributed by atoms with E-state index in [4.69, 9.17) is 4.74 Å². The standard InChI is InChI=1S/C23H23F2N5O2/c1-12-7-8-30(28-12)13-3-4-14(18(31)9-13)16-5-6-20(27-26-16)32-19-10-17-15-11-23(15,25)22(21(19)24)29(17)2/h3-9,15,17,19,21-22,31H,10-11H2,1-2H3. The molecule has 0 amide bonds. The fraction of sp³-hybridized carbons (Fsp3) is 0.435. The summed E-state index contributed by atoms with van der Waals surface area (Å²) in [5.41, 5.74) is 1.16. The monoisotopic (exact) mass is 439 g/mol. The van der Waals surface area contributed by atoms with Crippen molar-refractivity contribution in [2.45, 2.75) is 49.8 Å². The van der Waals surface area contributed by atoms with E-state index in [0.29, 0.717) is 24.1 Å². The largest absolute Gasteiger partial charge is 0.507 e. The van der Waals surface area contributed by atoms with Crippen LogP contribution in [0.5, 0.6) is 11.6 Å². The molecule has 2 bridgehead atoms. The molecular weight excluding hydrogens is 416 g/mol. The number of aromatic hydroxyl groups is 1. The van der Waals surface area contributed by atoms with Gasteiger partial charge in [0.15, 0.2) is 6.17 Å². The number of halogens is 2. The Hall–Kier alpha value is -3.07. The minimum atomic E-state index is -1.42. The maximum absolute atomic E-state index is 15.1. The molecular formula is C23H23F2N5O2. The third-order valence-electron chi connectivity index (χ3n) is 7.19. The fourth-order valence-electron chi connectivity index (χ4n) is 5.53. The van der Waals surface area contributed by atoms with Crippen LogP contribution in [0.1, 0.15) is 18.5 Å². The molecule has 32 heavy (non-hydrogen) atoms. The minimum Gasteiger partial charge on any atom is -0.507 e. The molecule has 1 saturated carbocycles. The first-order valence-corrected chi connectivity index (χ1v) is 10.8. The van der Waals surface area contributed by atoms with Gasteiger partial charge >= 0.3 is 0 Å². The van der Waals surface area contributed by atoms with Crippen LogP contribution < -0.4 is 4.74 Å². The third kappa shape index (κ3) is 2.83. The summed E-state index contributed by atoms with van der Waals surface area (Å²) >= 11 is 0. The highest BCUT2D eigenvalue weighted by Crippen LogP contribution is 2.64. The van der Waals surface area contributed by atoms with Crippen LogP contribution in [0.2, 0.25) is 0 Å². The summed E-state index contributed by atoms with van der Waals surface area (Å²) < 4.78 is 37.4. The van der Waals surface area contributed by atoms with E-state index >= 15 is 4.39 Å². The maximum atomic E-state index is 15.1. The number of hydrogen-bond donors (Lipinski definition) is 1. The predicted molar refractivity (Wildman–Crippen MR) is 112 cm³/mol. The molecule has 3 fully saturated rings. The van der Waals surface area contributed by atoms with E-state index in [0.717, 1.165) is 11.4 Å². The Labute approximate surface area is 183 Å². The average Bonchev–Trinajstić information content (AvgIpc) is 3.18. The number of phenolic OH excluding ortho intramolecular Hbond substituents is 1. The van der Waals surface area contributed by atoms with Crippen molar-refractivity contribution in [2.75, 3.05) is 7.05 Å². The second-order valence-electron chi connectivity index (χ2n) is 9.11. The average molecular weight is 439 g/mol. The minimum absolute atomic E-state index is 0.00303. The molecule has 1 N–H and O–H groups in total. The van der Waals surface area contributed by atoms with Crippen molar-refractivity contribution in [1.82, 2.24) is 24.9 Å². The lowest BCUT2D eigenvalue weighted by atomic mass is 9.93. The molecule has 166 valence electrons. The smallest absolute Gasteiger partial charge is 0.233 e. The first kappa shape index (κ1) is 19.6. The molecule has 0 spiro atoms. The number of rotatable bonds is 4. The molecule has 2 aromatic heterocycles. The number of aryl methyl sites for hydroxylation is 1. The molecule has 4 heterocycles. The van der Waals surface area contributed by atoms with Crippen LogP contribution in [0.25, 0.3) is 16.9 Å². The number of ether oxygens (including phenoxy) is 1. The van der Waals surface area contributed by atoms with Crippen molar-refractivity contribution >= 4 is 0 Å². The van der Waals surface area contributed by atoms with Gasteiger partial charge in [-0.1, -0.05) is 0 Å². The Bertz CT molecular complexity index is 1190. The van der Waals surface area contributed by atoms with Crippen LogP contribution in [0.15, 0.2) is 42.6 Å². The highest BCUT2D eigenvalue weighted by atomic mass is 19.2. The third-order valence-corrected chi connectivity index (χ3v) is 7.19. The van der Waals surface area contributed by atoms with Gasteiger partial charge in [-0.3, -0.25) is 4.90 Å². The lowest BCUT2D eigenvalue weighted by Crippen LogP contribution is -2.57. The summed E-state index contributed by atoms with van der Waals surface area (Å²) in [6.07, 6.45) is 0.543. The number of phenols is 1. The van der Waals surface area contributed by atoms with E-state index in [1.165, 1.54) is 0 Å². The topological polar surface area (TPSA) is 76.3 Å². The SMILES string of the molecule is Cc1ccn(-c2ccc(-c3ccc(OC4CC5C6CC6(F)C(C4F)N5C)nn3)c(O)c2)n1. The molecule has 6 unspecified atom stereocenters. The molecule has 0 radical (unpaired) electrons. The predicted octanol–water partition coefficient (Wildman–Crippen LogP) is 3.24. The van der Waals surface area contributed by atoms with Gasteiger partial charge < -0.3 is 9.84 Å². The Morgan fingerprint density at radius 3 is 2.72 bits per heavy atom. The highest BCUT2D eigenvalue weighted by molar-refractivity contribution is 5.68. The highest BCUT2D eigenvalue weighted by Gasteiger charge is 2.75. The van der Waals surface area contributed by atoms with Crippen molar-refractivity contribution in [3.63, 3.8) is 0 Å². The van der Waals surface area contributed by atoms with Crippen LogP contribution in [0, 0.1) is 12.8 Å². The van der Waals surface area contributed by atoms with Gasteiger partial charge in [0.05, 0.1) is 23.1 Å². The van der Waals surface area contributed by atoms with E-state index < -0.39 is 24.0 Å². The number of alkyl halides is 2. The van der Waals surface area contributed by atoms with Gasteiger partial charge in [0.25, 0.3) is 0 Å². The maximum Gasteiger partial charge on any atom is 0.233 e. The second kappa shape index (κ2) is 6.71. The van der Waals surface area contributed by atoms with E-state index in [1.54, 1.807) is 36.0 Å². The summed E-state index contributed by atoms with van der Waals surface area (Å²) in [6.45, 7) is 1.89. The van der Waals surface area contributed by atoms with Crippen molar-refractivity contribution in [3.05, 3.63) is 48.3 Å². The summed E-state index contributed by atoms with van der Waals surface area (Å²) in [5.74, 6) is 0.145. The zero-order chi connectivity index (χ0) is 22.2. The number of hydrogen-bond acceptors (Lipinski definition) is 6. The van der Waals surface area contributed by atoms with E-state index in [-0.39, 0.29) is 23.6 Å². The zero-order valence-electron chi connectivity index (χ0n) is 17.7. The van der Waals surface area contributed by atoms with Crippen molar-refractivity contribution in [1.29, 1.82) is 0 Å². The molecule has 9 heteroatoms. The Balaban J connectivity index is 1.19. The first-order valence-electron chi connectivity index (χ1n) is 10.8. The van der Waals surface area contributed by atoms with Crippen molar-refractivity contribution in [2.24, 2.45) is 5.92 Å². The van der Waals surface area contributed by atoms with Crippen LogP contribution in [-0.2, 0) is 0 Å². The van der Waals surface area contributed by atoms with Gasteiger partial charge in [-0.25, -0.2) is 13.5 Å².